The SMILES string of the molecule is CCN(CC)C(=O)C1CC(CCCC(F)(F)F)CCN1. The molecule has 1 fully saturated rings. The average Bonchev–Trinajstić information content (AvgIpc) is 2.39. The number of hydrogen-bond acceptors (Lipinski definition) is 2. The molecule has 0 saturated carbocycles. The van der Waals surface area contributed by atoms with E-state index in [-0.39, 0.29) is 24.3 Å². The summed E-state index contributed by atoms with van der Waals surface area (Å²) in [7, 11) is 0. The Balaban J connectivity index is 2.40. The number of carbonyl (C=O) groups is 1. The summed E-state index contributed by atoms with van der Waals surface area (Å²) in [5, 5.41) is 3.19. The molecule has 1 aliphatic rings. The predicted octanol–water partition coefficient (Wildman–Crippen LogP) is 2.96. The number of alkyl halides is 3. The minimum absolute atomic E-state index is 0.0792. The number of nitrogens with zero attached hydrogens (tertiary/aromatic N) is 1. The van der Waals surface area contributed by atoms with Crippen molar-refractivity contribution in [1.29, 1.82) is 0 Å². The van der Waals surface area contributed by atoms with Crippen molar-refractivity contribution in [2.24, 2.45) is 5.92 Å². The van der Waals surface area contributed by atoms with Gasteiger partial charge in [-0.3, -0.25) is 4.79 Å². The fourth-order valence-electron chi connectivity index (χ4n) is 2.79. The number of amides is 1. The lowest BCUT2D eigenvalue weighted by Gasteiger charge is -2.33. The first kappa shape index (κ1) is 17.3. The van der Waals surface area contributed by atoms with E-state index in [0.29, 0.717) is 32.5 Å². The van der Waals surface area contributed by atoms with E-state index in [1.54, 1.807) is 4.90 Å². The maximum atomic E-state index is 12.2. The van der Waals surface area contributed by atoms with E-state index >= 15 is 0 Å². The zero-order valence-corrected chi connectivity index (χ0v) is 12.3. The van der Waals surface area contributed by atoms with Gasteiger partial charge < -0.3 is 10.2 Å². The molecule has 2 unspecified atom stereocenters. The Morgan fingerprint density at radius 3 is 2.50 bits per heavy atom. The zero-order valence-electron chi connectivity index (χ0n) is 12.3. The molecular weight excluding hydrogens is 269 g/mol. The number of rotatable bonds is 6. The molecule has 0 bridgehead atoms. The van der Waals surface area contributed by atoms with Crippen molar-refractivity contribution < 1.29 is 18.0 Å². The molecule has 0 spiro atoms. The van der Waals surface area contributed by atoms with Crippen molar-refractivity contribution in [3.05, 3.63) is 0 Å². The van der Waals surface area contributed by atoms with E-state index in [2.05, 4.69) is 5.32 Å². The fourth-order valence-corrected chi connectivity index (χ4v) is 2.79. The zero-order chi connectivity index (χ0) is 15.2. The van der Waals surface area contributed by atoms with E-state index in [4.69, 9.17) is 0 Å². The molecule has 0 aromatic carbocycles. The van der Waals surface area contributed by atoms with Gasteiger partial charge in [0.25, 0.3) is 0 Å². The topological polar surface area (TPSA) is 32.3 Å². The van der Waals surface area contributed by atoms with Crippen LogP contribution in [0.4, 0.5) is 13.2 Å². The molecule has 1 heterocycles. The van der Waals surface area contributed by atoms with Crippen LogP contribution in [0.5, 0.6) is 0 Å². The number of halogens is 3. The van der Waals surface area contributed by atoms with Crippen molar-refractivity contribution in [3.8, 4) is 0 Å². The van der Waals surface area contributed by atoms with Crippen LogP contribution in [-0.4, -0.2) is 42.7 Å². The van der Waals surface area contributed by atoms with Crippen molar-refractivity contribution in [2.75, 3.05) is 19.6 Å². The monoisotopic (exact) mass is 294 g/mol. The van der Waals surface area contributed by atoms with Crippen molar-refractivity contribution in [3.63, 3.8) is 0 Å². The summed E-state index contributed by atoms with van der Waals surface area (Å²) in [6.45, 7) is 5.93. The van der Waals surface area contributed by atoms with Gasteiger partial charge >= 0.3 is 6.18 Å². The van der Waals surface area contributed by atoms with Crippen LogP contribution in [0.25, 0.3) is 0 Å². The minimum Gasteiger partial charge on any atom is -0.342 e. The van der Waals surface area contributed by atoms with E-state index in [0.717, 1.165) is 6.42 Å². The maximum Gasteiger partial charge on any atom is 0.389 e. The Morgan fingerprint density at radius 1 is 1.30 bits per heavy atom. The third-order valence-electron chi connectivity index (χ3n) is 3.96. The summed E-state index contributed by atoms with van der Waals surface area (Å²) in [5.41, 5.74) is 0. The van der Waals surface area contributed by atoms with E-state index < -0.39 is 12.6 Å². The number of likely N-dealkylation sites (N-methyl/N-ethyl adjacent to an activating group) is 1. The third-order valence-corrected chi connectivity index (χ3v) is 3.96. The Bertz CT molecular complexity index is 303. The highest BCUT2D eigenvalue weighted by Gasteiger charge is 2.31. The first-order valence-corrected chi connectivity index (χ1v) is 7.46. The van der Waals surface area contributed by atoms with E-state index in [1.165, 1.54) is 0 Å². The second-order valence-electron chi connectivity index (χ2n) is 5.42. The van der Waals surface area contributed by atoms with E-state index in [1.807, 2.05) is 13.8 Å². The molecule has 118 valence electrons. The first-order valence-electron chi connectivity index (χ1n) is 7.46. The van der Waals surface area contributed by atoms with Gasteiger partial charge in [0.2, 0.25) is 5.91 Å². The van der Waals surface area contributed by atoms with Crippen molar-refractivity contribution in [2.45, 2.75) is 58.2 Å². The quantitative estimate of drug-likeness (QED) is 0.817. The van der Waals surface area contributed by atoms with Gasteiger partial charge in [-0.05, 0) is 45.6 Å². The summed E-state index contributed by atoms with van der Waals surface area (Å²) >= 11 is 0. The van der Waals surface area contributed by atoms with Crippen LogP contribution in [0, 0.1) is 5.92 Å². The lowest BCUT2D eigenvalue weighted by Crippen LogP contribution is -2.50. The highest BCUT2D eigenvalue weighted by atomic mass is 19.4. The molecule has 2 atom stereocenters. The Labute approximate surface area is 118 Å². The lowest BCUT2D eigenvalue weighted by molar-refractivity contribution is -0.137. The molecule has 3 nitrogen and oxygen atoms in total. The predicted molar refractivity (Wildman–Crippen MR) is 72.3 cm³/mol. The van der Waals surface area contributed by atoms with Crippen LogP contribution in [0.3, 0.4) is 0 Å². The van der Waals surface area contributed by atoms with Gasteiger partial charge in [0, 0.05) is 19.5 Å². The van der Waals surface area contributed by atoms with Gasteiger partial charge in [0.15, 0.2) is 0 Å². The molecule has 1 aliphatic heterocycles. The Hall–Kier alpha value is -0.780. The molecule has 0 radical (unpaired) electrons. The summed E-state index contributed by atoms with van der Waals surface area (Å²) in [5.74, 6) is 0.304. The molecule has 1 amide bonds. The summed E-state index contributed by atoms with van der Waals surface area (Å²) < 4.78 is 36.4. The fraction of sp³-hybridized carbons (Fsp3) is 0.929. The molecule has 1 saturated heterocycles. The van der Waals surface area contributed by atoms with Crippen LogP contribution in [0.15, 0.2) is 0 Å². The molecule has 0 aromatic heterocycles. The van der Waals surface area contributed by atoms with Gasteiger partial charge in [0.1, 0.15) is 0 Å². The summed E-state index contributed by atoms with van der Waals surface area (Å²) in [6.07, 6.45) is -2.54. The smallest absolute Gasteiger partial charge is 0.342 e. The highest BCUT2D eigenvalue weighted by molar-refractivity contribution is 5.82. The van der Waals surface area contributed by atoms with Crippen LogP contribution >= 0.6 is 0 Å². The standard InChI is InChI=1S/C14H25F3N2O/c1-3-19(4-2)13(20)12-10-11(7-9-18-12)6-5-8-14(15,16)17/h11-12,18H,3-10H2,1-2H3. The molecule has 6 heteroatoms. The third kappa shape index (κ3) is 5.69. The lowest BCUT2D eigenvalue weighted by atomic mass is 9.87. The molecule has 0 aliphatic carbocycles. The maximum absolute atomic E-state index is 12.2. The molecule has 1 rings (SSSR count). The first-order chi connectivity index (χ1) is 9.37. The van der Waals surface area contributed by atoms with E-state index in [9.17, 15) is 18.0 Å². The van der Waals surface area contributed by atoms with Crippen LogP contribution < -0.4 is 5.32 Å². The second-order valence-corrected chi connectivity index (χ2v) is 5.42. The highest BCUT2D eigenvalue weighted by Crippen LogP contribution is 2.27. The normalized spacial score (nSPS) is 23.6. The number of nitrogens with one attached hydrogen (secondary N) is 1. The average molecular weight is 294 g/mol. The van der Waals surface area contributed by atoms with Crippen LogP contribution in [0.2, 0.25) is 0 Å². The number of hydrogen-bond donors (Lipinski definition) is 1. The van der Waals surface area contributed by atoms with Gasteiger partial charge in [-0.1, -0.05) is 6.42 Å². The van der Waals surface area contributed by atoms with Crippen LogP contribution in [0.1, 0.15) is 46.0 Å². The van der Waals surface area contributed by atoms with Gasteiger partial charge in [0.05, 0.1) is 6.04 Å². The van der Waals surface area contributed by atoms with Gasteiger partial charge in [-0.25, -0.2) is 0 Å². The van der Waals surface area contributed by atoms with Crippen molar-refractivity contribution >= 4 is 5.91 Å². The van der Waals surface area contributed by atoms with Gasteiger partial charge in [-0.2, -0.15) is 13.2 Å². The largest absolute Gasteiger partial charge is 0.389 e. The number of carbonyl (C=O) groups excluding carboxylic acids is 1. The van der Waals surface area contributed by atoms with Crippen molar-refractivity contribution in [1.82, 2.24) is 10.2 Å². The molecule has 20 heavy (non-hydrogen) atoms. The molecular formula is C14H25F3N2O. The Morgan fingerprint density at radius 2 is 1.95 bits per heavy atom. The summed E-state index contributed by atoms with van der Waals surface area (Å²) in [6, 6.07) is -0.223. The molecule has 1 N–H and O–H groups in total. The second kappa shape index (κ2) is 7.86. The Kier molecular flexibility index (Phi) is 6.79. The number of piperidine rings is 1. The summed E-state index contributed by atoms with van der Waals surface area (Å²) in [4.78, 5) is 14.0. The minimum atomic E-state index is -4.07. The van der Waals surface area contributed by atoms with Crippen LogP contribution in [-0.2, 0) is 4.79 Å². The van der Waals surface area contributed by atoms with Gasteiger partial charge in [-0.15, -0.1) is 0 Å². The molecule has 0 aromatic rings.